The maximum atomic E-state index is 8.61. The number of imidazole rings is 1. The van der Waals surface area contributed by atoms with Gasteiger partial charge in [0.2, 0.25) is 0 Å². The quantitative estimate of drug-likeness (QED) is 0.739. The summed E-state index contributed by atoms with van der Waals surface area (Å²) >= 11 is 0. The molecule has 1 aromatic heterocycles. The highest BCUT2D eigenvalue weighted by molar-refractivity contribution is 5.43. The molecule has 1 N–H and O–H groups in total. The first-order valence-corrected chi connectivity index (χ1v) is 4.73. The molecule has 3 heteroatoms. The van der Waals surface area contributed by atoms with E-state index in [2.05, 4.69) is 15.7 Å². The lowest BCUT2D eigenvalue weighted by Crippen LogP contribution is -2.08. The Hall–Kier alpha value is -1.09. The number of fused-ring (bicyclic) bond motifs is 1. The van der Waals surface area contributed by atoms with E-state index >= 15 is 0 Å². The lowest BCUT2D eigenvalue weighted by molar-refractivity contribution is 0.343. The Balaban J connectivity index is 2.20. The van der Waals surface area contributed by atoms with E-state index in [1.165, 1.54) is 18.7 Å². The number of hydrogen-bond donors (Lipinski definition) is 1. The third-order valence-corrected chi connectivity index (χ3v) is 2.32. The smallest absolute Gasteiger partial charge is 0.109 e. The Bertz CT molecular complexity index is 291. The minimum atomic E-state index is 0.0855. The first-order valence-electron chi connectivity index (χ1n) is 4.73. The van der Waals surface area contributed by atoms with Crippen LogP contribution in [-0.2, 0) is 13.0 Å². The van der Waals surface area contributed by atoms with Crippen molar-refractivity contribution in [3.8, 4) is 0 Å². The van der Waals surface area contributed by atoms with E-state index in [9.17, 15) is 0 Å². The van der Waals surface area contributed by atoms with Crippen LogP contribution in [0.15, 0.2) is 12.3 Å². The number of aliphatic hydroxyl groups is 1. The zero-order valence-electron chi connectivity index (χ0n) is 7.61. The maximum absolute atomic E-state index is 8.61. The molecule has 0 saturated heterocycles. The highest BCUT2D eigenvalue weighted by Crippen LogP contribution is 2.14. The van der Waals surface area contributed by atoms with Gasteiger partial charge in [-0.2, -0.15) is 0 Å². The zero-order chi connectivity index (χ0) is 9.10. The van der Waals surface area contributed by atoms with Crippen LogP contribution < -0.4 is 0 Å². The first-order chi connectivity index (χ1) is 6.40. The van der Waals surface area contributed by atoms with Crippen LogP contribution in [0.1, 0.15) is 24.4 Å². The lowest BCUT2D eigenvalue weighted by Gasteiger charge is -2.11. The zero-order valence-corrected chi connectivity index (χ0v) is 7.61. The molecule has 2 rings (SSSR count). The Morgan fingerprint density at radius 2 is 2.46 bits per heavy atom. The van der Waals surface area contributed by atoms with E-state index in [1.54, 1.807) is 6.08 Å². The Labute approximate surface area is 77.7 Å². The van der Waals surface area contributed by atoms with E-state index in [1.807, 2.05) is 6.08 Å². The Morgan fingerprint density at radius 1 is 1.54 bits per heavy atom. The van der Waals surface area contributed by atoms with Crippen molar-refractivity contribution in [2.75, 3.05) is 6.61 Å². The van der Waals surface area contributed by atoms with Gasteiger partial charge in [0, 0.05) is 19.2 Å². The van der Waals surface area contributed by atoms with Crippen molar-refractivity contribution < 1.29 is 5.11 Å². The van der Waals surface area contributed by atoms with Gasteiger partial charge in [0.1, 0.15) is 5.82 Å². The molecule has 0 amide bonds. The number of aliphatic hydroxyl groups excluding tert-OH is 1. The number of aryl methyl sites for hydroxylation is 2. The number of aromatic nitrogens is 2. The second-order valence-electron chi connectivity index (χ2n) is 3.32. The second kappa shape index (κ2) is 3.75. The Kier molecular flexibility index (Phi) is 2.45. The predicted molar refractivity (Wildman–Crippen MR) is 51.3 cm³/mol. The summed E-state index contributed by atoms with van der Waals surface area (Å²) in [6, 6.07) is 0. The van der Waals surface area contributed by atoms with Crippen LogP contribution in [0, 0.1) is 0 Å². The molecule has 2 heterocycles. The standard InChI is InChI=1S/C10H14N2O/c13-7-3-4-9-8-12-6-2-1-5-10(12)11-9/h3-4,8,13H,1-2,5-7H2/b4-3+. The fraction of sp³-hybridized carbons (Fsp3) is 0.500. The van der Waals surface area contributed by atoms with Crippen LogP contribution in [0.2, 0.25) is 0 Å². The monoisotopic (exact) mass is 178 g/mol. The van der Waals surface area contributed by atoms with Gasteiger partial charge in [-0.05, 0) is 18.9 Å². The molecule has 1 aliphatic rings. The van der Waals surface area contributed by atoms with Gasteiger partial charge >= 0.3 is 0 Å². The summed E-state index contributed by atoms with van der Waals surface area (Å²) in [6.45, 7) is 1.18. The molecule has 0 fully saturated rings. The summed E-state index contributed by atoms with van der Waals surface area (Å²) in [5, 5.41) is 8.61. The fourth-order valence-electron chi connectivity index (χ4n) is 1.69. The molecule has 1 aliphatic heterocycles. The topological polar surface area (TPSA) is 38.0 Å². The normalized spacial score (nSPS) is 16.4. The largest absolute Gasteiger partial charge is 0.392 e. The third-order valence-electron chi connectivity index (χ3n) is 2.32. The van der Waals surface area contributed by atoms with Crippen molar-refractivity contribution >= 4 is 6.08 Å². The number of nitrogens with zero attached hydrogens (tertiary/aromatic N) is 2. The lowest BCUT2D eigenvalue weighted by atomic mass is 10.2. The van der Waals surface area contributed by atoms with Gasteiger partial charge in [-0.3, -0.25) is 0 Å². The van der Waals surface area contributed by atoms with E-state index < -0.39 is 0 Å². The minimum Gasteiger partial charge on any atom is -0.392 e. The molecule has 0 bridgehead atoms. The number of rotatable bonds is 2. The Morgan fingerprint density at radius 3 is 3.23 bits per heavy atom. The summed E-state index contributed by atoms with van der Waals surface area (Å²) in [6.07, 6.45) is 9.24. The SMILES string of the molecule is OC/C=C/c1cn2c(n1)CCCC2. The highest BCUT2D eigenvalue weighted by Gasteiger charge is 2.10. The molecule has 0 unspecified atom stereocenters. The second-order valence-corrected chi connectivity index (χ2v) is 3.32. The van der Waals surface area contributed by atoms with Crippen molar-refractivity contribution in [1.29, 1.82) is 0 Å². The molecule has 0 aliphatic carbocycles. The highest BCUT2D eigenvalue weighted by atomic mass is 16.2. The van der Waals surface area contributed by atoms with Crippen molar-refractivity contribution in [3.63, 3.8) is 0 Å². The van der Waals surface area contributed by atoms with E-state index in [0.717, 1.165) is 18.7 Å². The predicted octanol–water partition coefficient (Wildman–Crippen LogP) is 1.22. The van der Waals surface area contributed by atoms with Gasteiger partial charge in [-0.15, -0.1) is 0 Å². The molecule has 3 nitrogen and oxygen atoms in total. The minimum absolute atomic E-state index is 0.0855. The van der Waals surface area contributed by atoms with Crippen molar-refractivity contribution in [2.45, 2.75) is 25.8 Å². The average Bonchev–Trinajstić information content (AvgIpc) is 2.57. The van der Waals surface area contributed by atoms with Crippen LogP contribution >= 0.6 is 0 Å². The van der Waals surface area contributed by atoms with E-state index in [4.69, 9.17) is 5.11 Å². The first kappa shape index (κ1) is 8.51. The summed E-state index contributed by atoms with van der Waals surface area (Å²) in [5.41, 5.74) is 0.964. The molecular formula is C10H14N2O. The van der Waals surface area contributed by atoms with Gasteiger partial charge < -0.3 is 9.67 Å². The van der Waals surface area contributed by atoms with Gasteiger partial charge in [-0.25, -0.2) is 4.98 Å². The summed E-state index contributed by atoms with van der Waals surface area (Å²) in [4.78, 5) is 4.45. The summed E-state index contributed by atoms with van der Waals surface area (Å²) < 4.78 is 2.21. The molecule has 1 aromatic rings. The van der Waals surface area contributed by atoms with E-state index in [0.29, 0.717) is 0 Å². The van der Waals surface area contributed by atoms with Gasteiger partial charge in [-0.1, -0.05) is 6.08 Å². The van der Waals surface area contributed by atoms with Crippen molar-refractivity contribution in [1.82, 2.24) is 9.55 Å². The average molecular weight is 178 g/mol. The molecule has 70 valence electrons. The molecule has 0 atom stereocenters. The van der Waals surface area contributed by atoms with Gasteiger partial charge in [0.05, 0.1) is 12.3 Å². The molecule has 0 radical (unpaired) electrons. The summed E-state index contributed by atoms with van der Waals surface area (Å²) in [5.74, 6) is 1.18. The van der Waals surface area contributed by atoms with Crippen LogP contribution in [0.5, 0.6) is 0 Å². The maximum Gasteiger partial charge on any atom is 0.109 e. The molecule has 0 spiro atoms. The van der Waals surface area contributed by atoms with Crippen LogP contribution in [-0.4, -0.2) is 21.3 Å². The molecular weight excluding hydrogens is 164 g/mol. The fourth-order valence-corrected chi connectivity index (χ4v) is 1.69. The molecule has 0 aromatic carbocycles. The van der Waals surface area contributed by atoms with Crippen LogP contribution in [0.4, 0.5) is 0 Å². The van der Waals surface area contributed by atoms with Gasteiger partial charge in [0.25, 0.3) is 0 Å². The third kappa shape index (κ3) is 1.80. The summed E-state index contributed by atoms with van der Waals surface area (Å²) in [7, 11) is 0. The number of hydrogen-bond acceptors (Lipinski definition) is 2. The molecule has 13 heavy (non-hydrogen) atoms. The van der Waals surface area contributed by atoms with Crippen LogP contribution in [0.3, 0.4) is 0 Å². The van der Waals surface area contributed by atoms with Gasteiger partial charge in [0.15, 0.2) is 0 Å². The van der Waals surface area contributed by atoms with Crippen molar-refractivity contribution in [3.05, 3.63) is 23.8 Å². The van der Waals surface area contributed by atoms with E-state index in [-0.39, 0.29) is 6.61 Å². The molecule has 0 saturated carbocycles. The van der Waals surface area contributed by atoms with Crippen LogP contribution in [0.25, 0.3) is 6.08 Å². The van der Waals surface area contributed by atoms with Crippen molar-refractivity contribution in [2.24, 2.45) is 0 Å².